The van der Waals surface area contributed by atoms with E-state index in [2.05, 4.69) is 20.2 Å². The Labute approximate surface area is 147 Å². The summed E-state index contributed by atoms with van der Waals surface area (Å²) in [7, 11) is -3.58. The SMILES string of the molecule is NS(=O)(=O)N1CCN(Cc2cnc(NCc3ccccc3)nc2)CC1. The first-order chi connectivity index (χ1) is 12.0. The average molecular weight is 362 g/mol. The van der Waals surface area contributed by atoms with E-state index in [4.69, 9.17) is 5.14 Å². The zero-order valence-electron chi connectivity index (χ0n) is 13.9. The molecule has 1 fully saturated rings. The number of rotatable bonds is 6. The van der Waals surface area contributed by atoms with Crippen LogP contribution in [-0.2, 0) is 23.3 Å². The molecule has 1 aliphatic heterocycles. The van der Waals surface area contributed by atoms with Gasteiger partial charge in [-0.2, -0.15) is 12.7 Å². The molecule has 2 heterocycles. The summed E-state index contributed by atoms with van der Waals surface area (Å²) in [5, 5.41) is 8.34. The fourth-order valence-electron chi connectivity index (χ4n) is 2.71. The van der Waals surface area contributed by atoms with E-state index in [-0.39, 0.29) is 0 Å². The molecule has 0 radical (unpaired) electrons. The molecule has 0 aliphatic carbocycles. The van der Waals surface area contributed by atoms with E-state index in [1.165, 1.54) is 9.87 Å². The van der Waals surface area contributed by atoms with E-state index in [9.17, 15) is 8.42 Å². The smallest absolute Gasteiger partial charge is 0.276 e. The number of hydrogen-bond donors (Lipinski definition) is 2. The van der Waals surface area contributed by atoms with E-state index in [0.29, 0.717) is 45.2 Å². The zero-order chi connectivity index (χ0) is 17.7. The Morgan fingerprint density at radius 3 is 2.24 bits per heavy atom. The zero-order valence-corrected chi connectivity index (χ0v) is 14.7. The van der Waals surface area contributed by atoms with Crippen LogP contribution in [0, 0.1) is 0 Å². The average Bonchev–Trinajstić information content (AvgIpc) is 2.62. The summed E-state index contributed by atoms with van der Waals surface area (Å²) in [6.07, 6.45) is 3.60. The molecule has 0 atom stereocenters. The van der Waals surface area contributed by atoms with Crippen LogP contribution in [0.5, 0.6) is 0 Å². The molecule has 1 aliphatic rings. The Balaban J connectivity index is 1.48. The van der Waals surface area contributed by atoms with E-state index in [1.807, 2.05) is 30.3 Å². The minimum absolute atomic E-state index is 0.413. The van der Waals surface area contributed by atoms with Crippen LogP contribution < -0.4 is 10.5 Å². The van der Waals surface area contributed by atoms with Crippen molar-refractivity contribution in [3.8, 4) is 0 Å². The molecule has 0 amide bonds. The largest absolute Gasteiger partial charge is 0.350 e. The first-order valence-corrected chi connectivity index (χ1v) is 9.60. The van der Waals surface area contributed by atoms with Gasteiger partial charge in [0.2, 0.25) is 5.95 Å². The third-order valence-electron chi connectivity index (χ3n) is 4.10. The molecule has 134 valence electrons. The Bertz CT molecular complexity index is 774. The van der Waals surface area contributed by atoms with Gasteiger partial charge in [-0.15, -0.1) is 0 Å². The number of nitrogens with one attached hydrogen (secondary N) is 1. The predicted molar refractivity (Wildman–Crippen MR) is 95.8 cm³/mol. The normalized spacial score (nSPS) is 16.7. The summed E-state index contributed by atoms with van der Waals surface area (Å²) in [6, 6.07) is 10.1. The molecule has 0 saturated carbocycles. The van der Waals surface area contributed by atoms with E-state index >= 15 is 0 Å². The van der Waals surface area contributed by atoms with Gasteiger partial charge in [-0.05, 0) is 5.56 Å². The molecule has 0 bridgehead atoms. The van der Waals surface area contributed by atoms with Gasteiger partial charge < -0.3 is 5.32 Å². The maximum absolute atomic E-state index is 11.3. The minimum Gasteiger partial charge on any atom is -0.350 e. The van der Waals surface area contributed by atoms with Gasteiger partial charge in [0.15, 0.2) is 0 Å². The van der Waals surface area contributed by atoms with Crippen LogP contribution in [0.15, 0.2) is 42.7 Å². The molecule has 1 saturated heterocycles. The molecular weight excluding hydrogens is 340 g/mol. The van der Waals surface area contributed by atoms with E-state index in [0.717, 1.165) is 5.56 Å². The van der Waals surface area contributed by atoms with E-state index in [1.54, 1.807) is 12.4 Å². The molecule has 8 nitrogen and oxygen atoms in total. The third-order valence-corrected chi connectivity index (χ3v) is 5.18. The van der Waals surface area contributed by atoms with Crippen LogP contribution in [0.4, 0.5) is 5.95 Å². The fourth-order valence-corrected chi connectivity index (χ4v) is 3.38. The van der Waals surface area contributed by atoms with Crippen LogP contribution in [0.25, 0.3) is 0 Å². The molecule has 0 unspecified atom stereocenters. The number of nitrogens with zero attached hydrogens (tertiary/aromatic N) is 4. The Morgan fingerprint density at radius 2 is 1.64 bits per heavy atom. The second-order valence-corrected chi connectivity index (χ2v) is 7.52. The highest BCUT2D eigenvalue weighted by atomic mass is 32.2. The standard InChI is InChI=1S/C16H22N6O2S/c17-25(23,24)22-8-6-21(7-9-22)13-15-11-19-16(20-12-15)18-10-14-4-2-1-3-5-14/h1-5,11-12H,6-10,13H2,(H2,17,23,24)(H,18,19,20). The molecule has 9 heteroatoms. The van der Waals surface area contributed by atoms with Crippen LogP contribution in [-0.4, -0.2) is 53.8 Å². The van der Waals surface area contributed by atoms with Crippen LogP contribution >= 0.6 is 0 Å². The van der Waals surface area contributed by atoms with Gasteiger partial charge in [0.1, 0.15) is 0 Å². The first-order valence-electron chi connectivity index (χ1n) is 8.10. The highest BCUT2D eigenvalue weighted by molar-refractivity contribution is 7.86. The fraction of sp³-hybridized carbons (Fsp3) is 0.375. The second-order valence-electron chi connectivity index (χ2n) is 5.97. The van der Waals surface area contributed by atoms with Crippen molar-refractivity contribution >= 4 is 16.2 Å². The molecule has 25 heavy (non-hydrogen) atoms. The van der Waals surface area contributed by atoms with Crippen molar-refractivity contribution in [3.63, 3.8) is 0 Å². The maximum Gasteiger partial charge on any atom is 0.276 e. The van der Waals surface area contributed by atoms with Crippen molar-refractivity contribution in [2.45, 2.75) is 13.1 Å². The molecule has 1 aromatic carbocycles. The maximum atomic E-state index is 11.3. The Hall–Kier alpha value is -2.07. The topological polar surface area (TPSA) is 104 Å². The Morgan fingerprint density at radius 1 is 1.00 bits per heavy atom. The molecule has 2 aromatic rings. The van der Waals surface area contributed by atoms with E-state index < -0.39 is 10.2 Å². The van der Waals surface area contributed by atoms with Gasteiger partial charge in [-0.3, -0.25) is 4.90 Å². The number of aromatic nitrogens is 2. The van der Waals surface area contributed by atoms with Crippen LogP contribution in [0.2, 0.25) is 0 Å². The third kappa shape index (κ3) is 5.20. The molecule has 3 rings (SSSR count). The van der Waals surface area contributed by atoms with Crippen LogP contribution in [0.1, 0.15) is 11.1 Å². The minimum atomic E-state index is -3.58. The highest BCUT2D eigenvalue weighted by Gasteiger charge is 2.23. The number of nitrogens with two attached hydrogens (primary N) is 1. The van der Waals surface area contributed by atoms with Crippen molar-refractivity contribution in [2.24, 2.45) is 5.14 Å². The van der Waals surface area contributed by atoms with Gasteiger partial charge in [0.05, 0.1) is 0 Å². The molecule has 3 N–H and O–H groups in total. The molecule has 1 aromatic heterocycles. The summed E-state index contributed by atoms with van der Waals surface area (Å²) >= 11 is 0. The van der Waals surface area contributed by atoms with Crippen molar-refractivity contribution in [3.05, 3.63) is 53.9 Å². The van der Waals surface area contributed by atoms with Gasteiger partial charge in [-0.25, -0.2) is 15.1 Å². The number of piperazine rings is 1. The summed E-state index contributed by atoms with van der Waals surface area (Å²) in [4.78, 5) is 10.8. The van der Waals surface area contributed by atoms with Crippen molar-refractivity contribution < 1.29 is 8.42 Å². The first kappa shape index (κ1) is 17.7. The van der Waals surface area contributed by atoms with Gasteiger partial charge >= 0.3 is 0 Å². The van der Waals surface area contributed by atoms with Crippen molar-refractivity contribution in [1.29, 1.82) is 0 Å². The lowest BCUT2D eigenvalue weighted by Crippen LogP contribution is -2.50. The summed E-state index contributed by atoms with van der Waals surface area (Å²) in [5.74, 6) is 0.589. The number of hydrogen-bond acceptors (Lipinski definition) is 6. The van der Waals surface area contributed by atoms with Gasteiger partial charge in [0.25, 0.3) is 10.2 Å². The monoisotopic (exact) mass is 362 g/mol. The second kappa shape index (κ2) is 7.87. The van der Waals surface area contributed by atoms with Gasteiger partial charge in [-0.1, -0.05) is 30.3 Å². The lowest BCUT2D eigenvalue weighted by atomic mass is 10.2. The number of anilines is 1. The highest BCUT2D eigenvalue weighted by Crippen LogP contribution is 2.10. The quantitative estimate of drug-likeness (QED) is 0.771. The van der Waals surface area contributed by atoms with Crippen molar-refractivity contribution in [2.75, 3.05) is 31.5 Å². The summed E-state index contributed by atoms with van der Waals surface area (Å²) in [6.45, 7) is 3.48. The van der Waals surface area contributed by atoms with Gasteiger partial charge in [0, 0.05) is 57.2 Å². The number of benzene rings is 1. The summed E-state index contributed by atoms with van der Waals surface area (Å²) in [5.41, 5.74) is 2.16. The Kier molecular flexibility index (Phi) is 5.59. The summed E-state index contributed by atoms with van der Waals surface area (Å²) < 4.78 is 23.9. The molecule has 0 spiro atoms. The lowest BCUT2D eigenvalue weighted by Gasteiger charge is -2.32. The van der Waals surface area contributed by atoms with Crippen molar-refractivity contribution in [1.82, 2.24) is 19.2 Å². The lowest BCUT2D eigenvalue weighted by molar-refractivity contribution is 0.181. The van der Waals surface area contributed by atoms with Crippen LogP contribution in [0.3, 0.4) is 0 Å². The predicted octanol–water partition coefficient (Wildman–Crippen LogP) is 0.410. The molecular formula is C16H22N6O2S.